The Morgan fingerprint density at radius 2 is 1.85 bits per heavy atom. The molecule has 218 valence electrons. The molecule has 2 aliphatic rings. The molecule has 0 spiro atoms. The van der Waals surface area contributed by atoms with Crippen LogP contribution in [0, 0.1) is 11.8 Å². The van der Waals surface area contributed by atoms with Crippen LogP contribution in [0.1, 0.15) is 94.2 Å². The molecule has 0 saturated heterocycles. The molecular weight excluding hydrogens is 512 g/mol. The molecule has 3 aromatic rings. The van der Waals surface area contributed by atoms with Crippen LogP contribution in [0.3, 0.4) is 0 Å². The van der Waals surface area contributed by atoms with Crippen molar-refractivity contribution in [3.05, 3.63) is 77.0 Å². The lowest BCUT2D eigenvalue weighted by Gasteiger charge is -2.34. The van der Waals surface area contributed by atoms with Gasteiger partial charge in [-0.1, -0.05) is 38.1 Å². The van der Waals surface area contributed by atoms with Gasteiger partial charge in [0.25, 0.3) is 0 Å². The lowest BCUT2D eigenvalue weighted by molar-refractivity contribution is -0.142. The van der Waals surface area contributed by atoms with Crippen molar-refractivity contribution >= 4 is 5.97 Å². The monoisotopic (exact) mass is 556 g/mol. The summed E-state index contributed by atoms with van der Waals surface area (Å²) in [6.45, 7) is 11.8. The van der Waals surface area contributed by atoms with Gasteiger partial charge in [-0.15, -0.1) is 0 Å². The van der Waals surface area contributed by atoms with E-state index in [0.29, 0.717) is 17.8 Å². The molecule has 1 aliphatic heterocycles. The second-order valence-corrected chi connectivity index (χ2v) is 12.0. The lowest BCUT2D eigenvalue weighted by atomic mass is 9.82. The number of aryl methyl sites for hydroxylation is 1. The first-order valence-corrected chi connectivity index (χ1v) is 15.1. The molecular formula is C35H44N2O4. The molecule has 1 aromatic heterocycles. The Labute approximate surface area is 244 Å². The summed E-state index contributed by atoms with van der Waals surface area (Å²) in [4.78, 5) is 18.7. The molecule has 1 unspecified atom stereocenters. The van der Waals surface area contributed by atoms with E-state index in [1.165, 1.54) is 22.3 Å². The van der Waals surface area contributed by atoms with Crippen LogP contribution in [0.4, 0.5) is 0 Å². The highest BCUT2D eigenvalue weighted by molar-refractivity contribution is 5.71. The van der Waals surface area contributed by atoms with E-state index in [2.05, 4.69) is 74.0 Å². The van der Waals surface area contributed by atoms with Crippen molar-refractivity contribution in [2.24, 2.45) is 11.8 Å². The van der Waals surface area contributed by atoms with Gasteiger partial charge >= 0.3 is 5.97 Å². The molecule has 6 heteroatoms. The molecule has 2 heterocycles. The Kier molecular flexibility index (Phi) is 8.69. The molecule has 1 N–H and O–H groups in total. The number of pyridine rings is 1. The van der Waals surface area contributed by atoms with Gasteiger partial charge in [0.05, 0.1) is 13.0 Å². The molecule has 2 aromatic carbocycles. The van der Waals surface area contributed by atoms with Crippen molar-refractivity contribution in [3.63, 3.8) is 0 Å². The highest BCUT2D eigenvalue weighted by Crippen LogP contribution is 2.48. The third kappa shape index (κ3) is 6.13. The molecule has 6 nitrogen and oxygen atoms in total. The maximum Gasteiger partial charge on any atom is 0.306 e. The van der Waals surface area contributed by atoms with E-state index in [0.717, 1.165) is 49.1 Å². The van der Waals surface area contributed by atoms with Crippen LogP contribution >= 0.6 is 0 Å². The summed E-state index contributed by atoms with van der Waals surface area (Å²) in [6, 6.07) is 17.8. The molecule has 0 radical (unpaired) electrons. The molecule has 0 bridgehead atoms. The third-order valence-electron chi connectivity index (χ3n) is 9.16. The van der Waals surface area contributed by atoms with E-state index >= 15 is 0 Å². The van der Waals surface area contributed by atoms with E-state index in [9.17, 15) is 9.90 Å². The van der Waals surface area contributed by atoms with Crippen molar-refractivity contribution in [3.8, 4) is 22.8 Å². The smallest absolute Gasteiger partial charge is 0.306 e. The van der Waals surface area contributed by atoms with Crippen molar-refractivity contribution in [1.29, 1.82) is 0 Å². The Bertz CT molecular complexity index is 1380. The quantitative estimate of drug-likeness (QED) is 0.260. The zero-order chi connectivity index (χ0) is 29.3. The molecule has 41 heavy (non-hydrogen) atoms. The number of carboxylic acid groups (broad SMARTS) is 1. The minimum Gasteiger partial charge on any atom is -0.485 e. The van der Waals surface area contributed by atoms with Gasteiger partial charge in [0.15, 0.2) is 0 Å². The average Bonchev–Trinajstić information content (AvgIpc) is 3.82. The van der Waals surface area contributed by atoms with Crippen LogP contribution in [-0.2, 0) is 11.2 Å². The first-order valence-electron chi connectivity index (χ1n) is 15.1. The zero-order valence-electron chi connectivity index (χ0n) is 25.3. The molecule has 0 amide bonds. The Balaban J connectivity index is 1.49. The Hall–Kier alpha value is -3.38. The summed E-state index contributed by atoms with van der Waals surface area (Å²) in [5, 5.41) is 9.77. The van der Waals surface area contributed by atoms with Gasteiger partial charge in [-0.3, -0.25) is 9.69 Å². The second-order valence-electron chi connectivity index (χ2n) is 12.0. The maximum absolute atomic E-state index is 11.9. The number of hydrogen-bond donors (Lipinski definition) is 1. The summed E-state index contributed by atoms with van der Waals surface area (Å²) >= 11 is 0. The fraction of sp³-hybridized carbons (Fsp3) is 0.486. The minimum absolute atomic E-state index is 0.0296. The predicted octanol–water partition coefficient (Wildman–Crippen LogP) is 7.83. The fourth-order valence-electron chi connectivity index (χ4n) is 6.75. The summed E-state index contributed by atoms with van der Waals surface area (Å²) in [6.07, 6.45) is 5.78. The number of nitrogens with zero attached hydrogens (tertiary/aromatic N) is 2. The highest BCUT2D eigenvalue weighted by Gasteiger charge is 2.39. The molecule has 1 saturated carbocycles. The van der Waals surface area contributed by atoms with Crippen molar-refractivity contribution in [1.82, 2.24) is 9.88 Å². The van der Waals surface area contributed by atoms with Gasteiger partial charge in [0.1, 0.15) is 11.9 Å². The van der Waals surface area contributed by atoms with Gasteiger partial charge in [-0.2, -0.15) is 0 Å². The first-order chi connectivity index (χ1) is 19.7. The van der Waals surface area contributed by atoms with Gasteiger partial charge in [0, 0.05) is 24.3 Å². The number of aromatic nitrogens is 1. The number of fused-ring (bicyclic) bond motifs is 1. The van der Waals surface area contributed by atoms with Crippen LogP contribution in [0.2, 0.25) is 0 Å². The number of benzene rings is 2. The second kappa shape index (κ2) is 12.2. The SMILES string of the molecule is CCN(C(C)C)C(C)c1cc([C@@H]2CCc3ccc([C@H](C4CC4)[C@H](C)C(=O)O)cc3O2)ccc1-c1ccnc(OC)c1. The maximum atomic E-state index is 11.9. The van der Waals surface area contributed by atoms with Crippen molar-refractivity contribution < 1.29 is 19.4 Å². The molecule has 5 rings (SSSR count). The van der Waals surface area contributed by atoms with Gasteiger partial charge < -0.3 is 14.6 Å². The standard InChI is InChI=1S/C35H44N2O4/c1-7-37(21(2)3)23(5)30-18-27(12-14-29(30)26-16-17-36-33(20-26)40-6)31-15-13-24-8-11-28(19-32(24)41-31)34(25-9-10-25)22(4)35(38)39/h8,11-12,14,16-23,25,31,34H,7,9-10,13,15H2,1-6H3,(H,38,39)/t22-,23?,31-,34-/m0/s1. The first kappa shape index (κ1) is 29.1. The number of methoxy groups -OCH3 is 1. The molecule has 1 aliphatic carbocycles. The van der Waals surface area contributed by atoms with Crippen molar-refractivity contribution in [2.45, 2.75) is 84.4 Å². The molecule has 4 atom stereocenters. The predicted molar refractivity (Wildman–Crippen MR) is 163 cm³/mol. The third-order valence-corrected chi connectivity index (χ3v) is 9.16. The van der Waals surface area contributed by atoms with E-state index < -0.39 is 11.9 Å². The number of hydrogen-bond acceptors (Lipinski definition) is 5. The average molecular weight is 557 g/mol. The summed E-state index contributed by atoms with van der Waals surface area (Å²) < 4.78 is 12.1. The van der Waals surface area contributed by atoms with E-state index in [1.807, 2.05) is 19.1 Å². The van der Waals surface area contributed by atoms with Gasteiger partial charge in [-0.25, -0.2) is 4.98 Å². The summed E-state index contributed by atoms with van der Waals surface area (Å²) in [7, 11) is 1.65. The Morgan fingerprint density at radius 1 is 1.07 bits per heavy atom. The van der Waals surface area contributed by atoms with Crippen LogP contribution in [-0.4, -0.2) is 40.7 Å². The van der Waals surface area contributed by atoms with Crippen LogP contribution < -0.4 is 9.47 Å². The number of ether oxygens (including phenoxy) is 2. The minimum atomic E-state index is -0.727. The largest absolute Gasteiger partial charge is 0.485 e. The summed E-state index contributed by atoms with van der Waals surface area (Å²) in [5.74, 6) is 0.842. The topological polar surface area (TPSA) is 71.9 Å². The van der Waals surface area contributed by atoms with E-state index in [-0.39, 0.29) is 18.1 Å². The number of carboxylic acids is 1. The number of carbonyl (C=O) groups is 1. The fourth-order valence-corrected chi connectivity index (χ4v) is 6.75. The lowest BCUT2D eigenvalue weighted by Crippen LogP contribution is -2.33. The van der Waals surface area contributed by atoms with Gasteiger partial charge in [-0.05, 0) is 116 Å². The van der Waals surface area contributed by atoms with E-state index in [1.54, 1.807) is 13.3 Å². The summed E-state index contributed by atoms with van der Waals surface area (Å²) in [5.41, 5.74) is 6.99. The zero-order valence-corrected chi connectivity index (χ0v) is 25.3. The highest BCUT2D eigenvalue weighted by atomic mass is 16.5. The normalized spacial score (nSPS) is 18.9. The molecule has 1 fully saturated rings. The van der Waals surface area contributed by atoms with Crippen LogP contribution in [0.15, 0.2) is 54.7 Å². The van der Waals surface area contributed by atoms with E-state index in [4.69, 9.17) is 9.47 Å². The van der Waals surface area contributed by atoms with Gasteiger partial charge in [0.2, 0.25) is 5.88 Å². The number of rotatable bonds is 11. The number of aliphatic carboxylic acids is 1. The van der Waals surface area contributed by atoms with Crippen LogP contribution in [0.5, 0.6) is 11.6 Å². The Morgan fingerprint density at radius 3 is 2.51 bits per heavy atom. The van der Waals surface area contributed by atoms with Crippen molar-refractivity contribution in [2.75, 3.05) is 13.7 Å². The van der Waals surface area contributed by atoms with Crippen LogP contribution in [0.25, 0.3) is 11.1 Å².